The lowest BCUT2D eigenvalue weighted by Gasteiger charge is -2.24. The van der Waals surface area contributed by atoms with Crippen LogP contribution in [0, 0.1) is 0 Å². The van der Waals surface area contributed by atoms with E-state index in [2.05, 4.69) is 9.97 Å². The summed E-state index contributed by atoms with van der Waals surface area (Å²) in [6, 6.07) is 20.7. The summed E-state index contributed by atoms with van der Waals surface area (Å²) in [7, 11) is -2.51. The number of nitrogens with zero attached hydrogens (tertiary/aromatic N) is 3. The van der Waals surface area contributed by atoms with Crippen LogP contribution in [0.2, 0.25) is 5.02 Å². The number of rotatable bonds is 5. The molecule has 0 aliphatic carbocycles. The van der Waals surface area contributed by atoms with Crippen LogP contribution in [0.3, 0.4) is 0 Å². The largest absolute Gasteiger partial charge is 0.340 e. The Morgan fingerprint density at radius 3 is 2.59 bits per heavy atom. The smallest absolute Gasteiger partial charge is 0.265 e. The Morgan fingerprint density at radius 1 is 1.09 bits per heavy atom. The molecule has 34 heavy (non-hydrogen) atoms. The van der Waals surface area contributed by atoms with Gasteiger partial charge in [-0.05, 0) is 55.3 Å². The molecule has 2 heterocycles. The highest BCUT2D eigenvalue weighted by Crippen LogP contribution is 2.34. The molecular formula is C25H23ClN4O3S. The first-order chi connectivity index (χ1) is 16.4. The van der Waals surface area contributed by atoms with Gasteiger partial charge in [0.05, 0.1) is 27.8 Å². The number of amides is 1. The van der Waals surface area contributed by atoms with E-state index in [4.69, 9.17) is 11.6 Å². The Balaban J connectivity index is 1.47. The molecule has 5 rings (SSSR count). The third-order valence-electron chi connectivity index (χ3n) is 6.17. The number of fused-ring (bicyclic) bond motifs is 1. The second-order valence-corrected chi connectivity index (χ2v) is 10.6. The average Bonchev–Trinajstić information content (AvgIpc) is 3.51. The lowest BCUT2D eigenvalue weighted by atomic mass is 10.1. The zero-order chi connectivity index (χ0) is 23.9. The standard InChI is InChI=1S/C25H23ClN4O3S/c1-29(18-8-3-2-4-9-18)34(32,33)23-16-17(13-14-19(23)26)25(31)30-15-7-12-22(30)24-27-20-10-5-6-11-21(20)28-24/h2-6,8-11,13-14,16,22H,7,12,15H2,1H3,(H,27,28). The molecular weight excluding hydrogens is 472 g/mol. The van der Waals surface area contributed by atoms with E-state index in [9.17, 15) is 13.2 Å². The van der Waals surface area contributed by atoms with Crippen LogP contribution in [0.5, 0.6) is 0 Å². The predicted octanol–water partition coefficient (Wildman–Crippen LogP) is 5.02. The number of H-pyrrole nitrogens is 1. The number of hydrogen-bond donors (Lipinski definition) is 1. The molecule has 3 aromatic carbocycles. The Bertz CT molecular complexity index is 1440. The molecule has 1 atom stereocenters. The summed E-state index contributed by atoms with van der Waals surface area (Å²) in [6.45, 7) is 0.565. The fourth-order valence-corrected chi connectivity index (χ4v) is 6.04. The van der Waals surface area contributed by atoms with Gasteiger partial charge in [-0.3, -0.25) is 9.10 Å². The number of carbonyl (C=O) groups is 1. The maximum absolute atomic E-state index is 13.5. The molecule has 1 amide bonds. The van der Waals surface area contributed by atoms with Gasteiger partial charge in [0.1, 0.15) is 10.7 Å². The summed E-state index contributed by atoms with van der Waals surface area (Å²) in [5, 5.41) is 0.0644. The van der Waals surface area contributed by atoms with E-state index in [1.165, 1.54) is 19.2 Å². The van der Waals surface area contributed by atoms with Crippen LogP contribution in [0.4, 0.5) is 5.69 Å². The fourth-order valence-electron chi connectivity index (χ4n) is 4.35. The van der Waals surface area contributed by atoms with Crippen LogP contribution in [0.15, 0.2) is 77.7 Å². The number of aromatic amines is 1. The highest BCUT2D eigenvalue weighted by atomic mass is 35.5. The highest BCUT2D eigenvalue weighted by molar-refractivity contribution is 7.93. The van der Waals surface area contributed by atoms with Gasteiger partial charge in [0.15, 0.2) is 0 Å². The summed E-state index contributed by atoms with van der Waals surface area (Å²) in [5.41, 5.74) is 2.54. The normalized spacial score (nSPS) is 16.2. The van der Waals surface area contributed by atoms with Crippen molar-refractivity contribution >= 4 is 44.3 Å². The minimum atomic E-state index is -3.97. The summed E-state index contributed by atoms with van der Waals surface area (Å²) in [6.07, 6.45) is 1.62. The Hall–Kier alpha value is -3.36. The molecule has 0 spiro atoms. The van der Waals surface area contributed by atoms with E-state index < -0.39 is 10.0 Å². The van der Waals surface area contributed by atoms with Gasteiger partial charge in [-0.1, -0.05) is 41.9 Å². The predicted molar refractivity (Wildman–Crippen MR) is 133 cm³/mol. The molecule has 7 nitrogen and oxygen atoms in total. The molecule has 1 aliphatic rings. The minimum Gasteiger partial charge on any atom is -0.340 e. The number of likely N-dealkylation sites (tertiary alicyclic amines) is 1. The van der Waals surface area contributed by atoms with Crippen molar-refractivity contribution in [2.24, 2.45) is 0 Å². The molecule has 1 fully saturated rings. The maximum Gasteiger partial charge on any atom is 0.265 e. The first-order valence-corrected chi connectivity index (χ1v) is 12.8. The van der Waals surface area contributed by atoms with Crippen molar-refractivity contribution in [1.82, 2.24) is 14.9 Å². The molecule has 174 valence electrons. The van der Waals surface area contributed by atoms with Gasteiger partial charge in [-0.15, -0.1) is 0 Å². The van der Waals surface area contributed by atoms with Gasteiger partial charge in [0.25, 0.3) is 15.9 Å². The van der Waals surface area contributed by atoms with E-state index >= 15 is 0 Å². The average molecular weight is 495 g/mol. The summed E-state index contributed by atoms with van der Waals surface area (Å²) >= 11 is 6.30. The second kappa shape index (κ2) is 8.77. The monoisotopic (exact) mass is 494 g/mol. The molecule has 0 radical (unpaired) electrons. The Labute approximate surface area is 203 Å². The molecule has 1 N–H and O–H groups in total. The molecule has 0 saturated carbocycles. The number of hydrogen-bond acceptors (Lipinski definition) is 4. The number of halogens is 1. The van der Waals surface area contributed by atoms with Crippen LogP contribution in [0.25, 0.3) is 11.0 Å². The van der Waals surface area contributed by atoms with E-state index in [0.717, 1.165) is 34.0 Å². The third-order valence-corrected chi connectivity index (χ3v) is 8.44. The third kappa shape index (κ3) is 3.93. The number of carbonyl (C=O) groups excluding carboxylic acids is 1. The second-order valence-electron chi connectivity index (χ2n) is 8.25. The quantitative estimate of drug-likeness (QED) is 0.422. The molecule has 1 aromatic heterocycles. The molecule has 1 aliphatic heterocycles. The maximum atomic E-state index is 13.5. The van der Waals surface area contributed by atoms with Gasteiger partial charge < -0.3 is 9.88 Å². The van der Waals surface area contributed by atoms with Crippen molar-refractivity contribution in [3.8, 4) is 0 Å². The van der Waals surface area contributed by atoms with E-state index in [1.807, 2.05) is 30.3 Å². The Kier molecular flexibility index (Phi) is 5.79. The van der Waals surface area contributed by atoms with E-state index in [0.29, 0.717) is 12.2 Å². The number of sulfonamides is 1. The van der Waals surface area contributed by atoms with Crippen molar-refractivity contribution in [3.63, 3.8) is 0 Å². The fraction of sp³-hybridized carbons (Fsp3) is 0.200. The summed E-state index contributed by atoms with van der Waals surface area (Å²) in [4.78, 5) is 23.2. The van der Waals surface area contributed by atoms with E-state index in [-0.39, 0.29) is 27.4 Å². The topological polar surface area (TPSA) is 86.4 Å². The van der Waals surface area contributed by atoms with Crippen LogP contribution in [-0.2, 0) is 10.0 Å². The van der Waals surface area contributed by atoms with Crippen molar-refractivity contribution in [2.45, 2.75) is 23.8 Å². The zero-order valence-corrected chi connectivity index (χ0v) is 20.1. The zero-order valence-electron chi connectivity index (χ0n) is 18.5. The number of nitrogens with one attached hydrogen (secondary N) is 1. The van der Waals surface area contributed by atoms with Crippen molar-refractivity contribution in [2.75, 3.05) is 17.9 Å². The first kappa shape index (κ1) is 22.4. The van der Waals surface area contributed by atoms with Gasteiger partial charge in [0.2, 0.25) is 0 Å². The van der Waals surface area contributed by atoms with Crippen LogP contribution in [0.1, 0.15) is 35.1 Å². The summed E-state index contributed by atoms with van der Waals surface area (Å²) < 4.78 is 27.8. The van der Waals surface area contributed by atoms with Gasteiger partial charge in [0, 0.05) is 19.2 Å². The van der Waals surface area contributed by atoms with Crippen LogP contribution >= 0.6 is 11.6 Å². The van der Waals surface area contributed by atoms with Gasteiger partial charge in [-0.25, -0.2) is 13.4 Å². The lowest BCUT2D eigenvalue weighted by molar-refractivity contribution is 0.0730. The van der Waals surface area contributed by atoms with Crippen molar-refractivity contribution < 1.29 is 13.2 Å². The molecule has 4 aromatic rings. The van der Waals surface area contributed by atoms with Gasteiger partial charge >= 0.3 is 0 Å². The molecule has 0 bridgehead atoms. The summed E-state index contributed by atoms with van der Waals surface area (Å²) in [5.74, 6) is 0.483. The van der Waals surface area contributed by atoms with Crippen LogP contribution in [-0.4, -0.2) is 42.8 Å². The lowest BCUT2D eigenvalue weighted by Crippen LogP contribution is -2.31. The molecule has 1 unspecified atom stereocenters. The number of para-hydroxylation sites is 3. The van der Waals surface area contributed by atoms with Crippen molar-refractivity contribution in [1.29, 1.82) is 0 Å². The first-order valence-electron chi connectivity index (χ1n) is 11.0. The number of imidazole rings is 1. The molecule has 9 heteroatoms. The molecule has 1 saturated heterocycles. The number of anilines is 1. The van der Waals surface area contributed by atoms with Crippen LogP contribution < -0.4 is 4.31 Å². The Morgan fingerprint density at radius 2 is 1.82 bits per heavy atom. The minimum absolute atomic E-state index is 0.0644. The van der Waals surface area contributed by atoms with E-state index in [1.54, 1.807) is 35.2 Å². The van der Waals surface area contributed by atoms with Crippen molar-refractivity contribution in [3.05, 3.63) is 89.2 Å². The van der Waals surface area contributed by atoms with Gasteiger partial charge in [-0.2, -0.15) is 0 Å². The highest BCUT2D eigenvalue weighted by Gasteiger charge is 2.34. The SMILES string of the molecule is CN(c1ccccc1)S(=O)(=O)c1cc(C(=O)N2CCCC2c2nc3ccccc3[nH]2)ccc1Cl. The number of aromatic nitrogens is 2. The number of benzene rings is 3.